The van der Waals surface area contributed by atoms with E-state index in [9.17, 15) is 4.79 Å². The van der Waals surface area contributed by atoms with Crippen molar-refractivity contribution in [2.24, 2.45) is 0 Å². The topological polar surface area (TPSA) is 35.5 Å². The minimum atomic E-state index is -0.612. The van der Waals surface area contributed by atoms with E-state index in [4.69, 9.17) is 9.47 Å². The van der Waals surface area contributed by atoms with E-state index in [2.05, 4.69) is 0 Å². The Bertz CT molecular complexity index is 420. The van der Waals surface area contributed by atoms with Gasteiger partial charge in [-0.3, -0.25) is 4.79 Å². The minimum absolute atomic E-state index is 0.145. The van der Waals surface area contributed by atoms with Crippen molar-refractivity contribution in [2.75, 3.05) is 13.7 Å². The van der Waals surface area contributed by atoms with Gasteiger partial charge in [-0.2, -0.15) is 0 Å². The molecule has 2 rings (SSSR count). The molecule has 0 aliphatic carbocycles. The molecule has 1 atom stereocenters. The zero-order valence-corrected chi connectivity index (χ0v) is 11.1. The molecule has 1 fully saturated rings. The standard InChI is InChI=1S/C15H20O3/c1-15(9-5-6-10-18-15)14(16)11-12-7-3-4-8-13(12)17-2/h3-4,7-8H,5-6,9-11H2,1-2H3. The second kappa shape index (κ2) is 5.53. The quantitative estimate of drug-likeness (QED) is 0.822. The number of carbonyl (C=O) groups excluding carboxylic acids is 1. The van der Waals surface area contributed by atoms with Crippen molar-refractivity contribution in [3.05, 3.63) is 29.8 Å². The monoisotopic (exact) mass is 248 g/mol. The first-order chi connectivity index (χ1) is 8.65. The van der Waals surface area contributed by atoms with Gasteiger partial charge in [0, 0.05) is 18.6 Å². The van der Waals surface area contributed by atoms with Gasteiger partial charge in [-0.1, -0.05) is 18.2 Å². The summed E-state index contributed by atoms with van der Waals surface area (Å²) in [5.41, 5.74) is 0.319. The molecule has 0 aromatic heterocycles. The molecule has 0 N–H and O–H groups in total. The van der Waals surface area contributed by atoms with Crippen LogP contribution < -0.4 is 4.74 Å². The van der Waals surface area contributed by atoms with Crippen LogP contribution in [0.5, 0.6) is 5.75 Å². The number of hydrogen-bond donors (Lipinski definition) is 0. The normalized spacial score (nSPS) is 23.7. The van der Waals surface area contributed by atoms with Gasteiger partial charge < -0.3 is 9.47 Å². The predicted molar refractivity (Wildman–Crippen MR) is 69.9 cm³/mol. The van der Waals surface area contributed by atoms with Gasteiger partial charge in [-0.25, -0.2) is 0 Å². The average molecular weight is 248 g/mol. The van der Waals surface area contributed by atoms with Crippen LogP contribution in [-0.2, 0) is 16.0 Å². The fourth-order valence-electron chi connectivity index (χ4n) is 2.36. The zero-order chi connectivity index (χ0) is 13.0. The van der Waals surface area contributed by atoms with Crippen LogP contribution in [0.15, 0.2) is 24.3 Å². The molecule has 1 aliphatic rings. The second-order valence-corrected chi connectivity index (χ2v) is 4.95. The van der Waals surface area contributed by atoms with E-state index in [0.717, 1.165) is 30.6 Å². The molecular weight excluding hydrogens is 228 g/mol. The zero-order valence-electron chi connectivity index (χ0n) is 11.1. The Kier molecular flexibility index (Phi) is 4.02. The van der Waals surface area contributed by atoms with Crippen molar-refractivity contribution in [2.45, 2.75) is 38.2 Å². The SMILES string of the molecule is COc1ccccc1CC(=O)C1(C)CCCCO1. The number of hydrogen-bond acceptors (Lipinski definition) is 3. The van der Waals surface area contributed by atoms with E-state index < -0.39 is 5.60 Å². The highest BCUT2D eigenvalue weighted by molar-refractivity contribution is 5.89. The molecule has 3 nitrogen and oxygen atoms in total. The molecule has 1 unspecified atom stereocenters. The third-order valence-electron chi connectivity index (χ3n) is 3.60. The Morgan fingerprint density at radius 1 is 1.39 bits per heavy atom. The van der Waals surface area contributed by atoms with Crippen molar-refractivity contribution < 1.29 is 14.3 Å². The number of para-hydroxylation sites is 1. The Hall–Kier alpha value is -1.35. The van der Waals surface area contributed by atoms with Crippen molar-refractivity contribution >= 4 is 5.78 Å². The first-order valence-electron chi connectivity index (χ1n) is 6.45. The summed E-state index contributed by atoms with van der Waals surface area (Å²) in [4.78, 5) is 12.4. The second-order valence-electron chi connectivity index (χ2n) is 4.95. The number of Topliss-reactive ketones (excluding diaryl/α,β-unsaturated/α-hetero) is 1. The number of rotatable bonds is 4. The Balaban J connectivity index is 2.10. The lowest BCUT2D eigenvalue weighted by Gasteiger charge is -2.32. The molecule has 1 aliphatic heterocycles. The van der Waals surface area contributed by atoms with Gasteiger partial charge >= 0.3 is 0 Å². The number of carbonyl (C=O) groups is 1. The summed E-state index contributed by atoms with van der Waals surface area (Å²) in [6.07, 6.45) is 3.31. The van der Waals surface area contributed by atoms with Crippen LogP contribution in [0.2, 0.25) is 0 Å². The van der Waals surface area contributed by atoms with Crippen molar-refractivity contribution in [1.29, 1.82) is 0 Å². The lowest BCUT2D eigenvalue weighted by Crippen LogP contribution is -2.42. The smallest absolute Gasteiger partial charge is 0.168 e. The molecule has 1 saturated heterocycles. The Labute approximate surface area is 108 Å². The number of ketones is 1. The van der Waals surface area contributed by atoms with Gasteiger partial charge in [0.05, 0.1) is 7.11 Å². The molecule has 18 heavy (non-hydrogen) atoms. The van der Waals surface area contributed by atoms with E-state index >= 15 is 0 Å². The average Bonchev–Trinajstić information content (AvgIpc) is 2.40. The third kappa shape index (κ3) is 2.72. The summed E-state index contributed by atoms with van der Waals surface area (Å²) in [5, 5.41) is 0. The van der Waals surface area contributed by atoms with Crippen LogP contribution >= 0.6 is 0 Å². The minimum Gasteiger partial charge on any atom is -0.496 e. The van der Waals surface area contributed by atoms with Crippen molar-refractivity contribution in [3.63, 3.8) is 0 Å². The highest BCUT2D eigenvalue weighted by Gasteiger charge is 2.35. The van der Waals surface area contributed by atoms with Crippen LogP contribution in [0.3, 0.4) is 0 Å². The lowest BCUT2D eigenvalue weighted by atomic mass is 9.88. The number of ether oxygens (including phenoxy) is 2. The first kappa shape index (κ1) is 13.1. The highest BCUT2D eigenvalue weighted by atomic mass is 16.5. The van der Waals surface area contributed by atoms with Crippen molar-refractivity contribution in [1.82, 2.24) is 0 Å². The van der Waals surface area contributed by atoms with Gasteiger partial charge in [-0.15, -0.1) is 0 Å². The summed E-state index contributed by atoms with van der Waals surface area (Å²) in [7, 11) is 1.63. The van der Waals surface area contributed by atoms with Gasteiger partial charge in [0.1, 0.15) is 11.4 Å². The number of methoxy groups -OCH3 is 1. The summed E-state index contributed by atoms with van der Waals surface area (Å²) in [6.45, 7) is 2.60. The fraction of sp³-hybridized carbons (Fsp3) is 0.533. The largest absolute Gasteiger partial charge is 0.496 e. The van der Waals surface area contributed by atoms with Gasteiger partial charge in [0.25, 0.3) is 0 Å². The maximum absolute atomic E-state index is 12.4. The maximum atomic E-state index is 12.4. The van der Waals surface area contributed by atoms with Crippen LogP contribution in [-0.4, -0.2) is 25.1 Å². The van der Waals surface area contributed by atoms with Crippen LogP contribution in [0.1, 0.15) is 31.7 Å². The van der Waals surface area contributed by atoms with Gasteiger partial charge in [0.15, 0.2) is 5.78 Å². The summed E-state index contributed by atoms with van der Waals surface area (Å²) < 4.78 is 11.0. The molecule has 0 bridgehead atoms. The molecule has 3 heteroatoms. The molecule has 1 aromatic rings. The fourth-order valence-corrected chi connectivity index (χ4v) is 2.36. The molecule has 98 valence electrons. The van der Waals surface area contributed by atoms with Crippen LogP contribution in [0, 0.1) is 0 Å². The Morgan fingerprint density at radius 3 is 2.83 bits per heavy atom. The van der Waals surface area contributed by atoms with E-state index in [1.807, 2.05) is 31.2 Å². The first-order valence-corrected chi connectivity index (χ1v) is 6.45. The van der Waals surface area contributed by atoms with E-state index in [-0.39, 0.29) is 5.78 Å². The Morgan fingerprint density at radius 2 is 2.17 bits per heavy atom. The lowest BCUT2D eigenvalue weighted by molar-refractivity contribution is -0.147. The highest BCUT2D eigenvalue weighted by Crippen LogP contribution is 2.28. The third-order valence-corrected chi connectivity index (χ3v) is 3.60. The summed E-state index contributed by atoms with van der Waals surface area (Å²) >= 11 is 0. The van der Waals surface area contributed by atoms with Crippen LogP contribution in [0.25, 0.3) is 0 Å². The molecule has 1 aromatic carbocycles. The molecule has 1 heterocycles. The van der Waals surface area contributed by atoms with E-state index in [1.54, 1.807) is 7.11 Å². The summed E-state index contributed by atoms with van der Waals surface area (Å²) in [6, 6.07) is 7.65. The van der Waals surface area contributed by atoms with E-state index in [0.29, 0.717) is 13.0 Å². The van der Waals surface area contributed by atoms with Gasteiger partial charge in [0.2, 0.25) is 0 Å². The maximum Gasteiger partial charge on any atom is 0.168 e. The molecule has 0 radical (unpaired) electrons. The molecular formula is C15H20O3. The van der Waals surface area contributed by atoms with Crippen LogP contribution in [0.4, 0.5) is 0 Å². The summed E-state index contributed by atoms with van der Waals surface area (Å²) in [5.74, 6) is 0.914. The number of benzene rings is 1. The van der Waals surface area contributed by atoms with Crippen molar-refractivity contribution in [3.8, 4) is 5.75 Å². The van der Waals surface area contributed by atoms with Gasteiger partial charge in [-0.05, 0) is 32.3 Å². The van der Waals surface area contributed by atoms with E-state index in [1.165, 1.54) is 0 Å². The molecule has 0 saturated carbocycles. The molecule has 0 amide bonds. The predicted octanol–water partition coefficient (Wildman–Crippen LogP) is 2.77. The molecule has 0 spiro atoms.